The van der Waals surface area contributed by atoms with Crippen LogP contribution >= 0.6 is 0 Å². The Kier molecular flexibility index (Phi) is 6.32. The second-order valence-corrected chi connectivity index (χ2v) is 6.67. The van der Waals surface area contributed by atoms with Crippen molar-refractivity contribution in [2.24, 2.45) is 5.92 Å². The second-order valence-electron chi connectivity index (χ2n) is 6.67. The van der Waals surface area contributed by atoms with E-state index < -0.39 is 30.1 Å². The molecule has 0 unspecified atom stereocenters. The molecule has 1 N–H and O–H groups in total. The normalized spacial score (nSPS) is 31.3. The summed E-state index contributed by atoms with van der Waals surface area (Å²) in [6, 6.07) is 0. The van der Waals surface area contributed by atoms with E-state index in [2.05, 4.69) is 6.58 Å². The molecule has 1 aliphatic carbocycles. The Labute approximate surface area is 152 Å². The summed E-state index contributed by atoms with van der Waals surface area (Å²) in [6.07, 6.45) is 4.00. The molecule has 1 saturated heterocycles. The first-order chi connectivity index (χ1) is 12.2. The maximum absolute atomic E-state index is 12.3. The van der Waals surface area contributed by atoms with Crippen LogP contribution in [0.15, 0.2) is 47.1 Å². The van der Waals surface area contributed by atoms with Crippen molar-refractivity contribution in [3.63, 3.8) is 0 Å². The quantitative estimate of drug-likeness (QED) is 0.471. The summed E-state index contributed by atoms with van der Waals surface area (Å²) in [4.78, 5) is 36.5. The number of carbonyl (C=O) groups excluding carboxylic acids is 3. The molecule has 26 heavy (non-hydrogen) atoms. The van der Waals surface area contributed by atoms with Gasteiger partial charge in [0.05, 0.1) is 12.5 Å². The largest absolute Gasteiger partial charge is 0.458 e. The highest BCUT2D eigenvalue weighted by Crippen LogP contribution is 2.36. The number of aliphatic hydroxyl groups excluding tert-OH is 1. The smallest absolute Gasteiger partial charge is 0.334 e. The van der Waals surface area contributed by atoms with E-state index >= 15 is 0 Å². The predicted octanol–water partition coefficient (Wildman–Crippen LogP) is 2.19. The highest BCUT2D eigenvalue weighted by atomic mass is 16.6. The van der Waals surface area contributed by atoms with Crippen molar-refractivity contribution < 1.29 is 29.0 Å². The van der Waals surface area contributed by atoms with Crippen LogP contribution in [0.5, 0.6) is 0 Å². The first-order valence-electron chi connectivity index (χ1n) is 8.50. The Morgan fingerprint density at radius 3 is 2.77 bits per heavy atom. The zero-order valence-electron chi connectivity index (χ0n) is 15.3. The highest BCUT2D eigenvalue weighted by Gasteiger charge is 2.44. The zero-order chi connectivity index (χ0) is 19.4. The first-order valence-corrected chi connectivity index (χ1v) is 8.50. The summed E-state index contributed by atoms with van der Waals surface area (Å²) in [5.74, 6) is -1.75. The lowest BCUT2D eigenvalue weighted by atomic mass is 9.85. The molecule has 0 saturated carbocycles. The van der Waals surface area contributed by atoms with Gasteiger partial charge >= 0.3 is 11.9 Å². The lowest BCUT2D eigenvalue weighted by Crippen LogP contribution is -2.34. The average molecular weight is 360 g/mol. The maximum Gasteiger partial charge on any atom is 0.334 e. The van der Waals surface area contributed by atoms with Crippen molar-refractivity contribution >= 4 is 17.7 Å². The van der Waals surface area contributed by atoms with Gasteiger partial charge in [0.1, 0.15) is 12.2 Å². The van der Waals surface area contributed by atoms with E-state index in [1.807, 2.05) is 6.92 Å². The van der Waals surface area contributed by atoms with Crippen molar-refractivity contribution in [2.75, 3.05) is 6.61 Å². The number of carbonyl (C=O) groups is 3. The van der Waals surface area contributed by atoms with Crippen LogP contribution in [0.1, 0.15) is 33.6 Å². The number of hydrogen-bond donors (Lipinski definition) is 1. The van der Waals surface area contributed by atoms with Crippen LogP contribution in [-0.2, 0) is 23.9 Å². The van der Waals surface area contributed by atoms with E-state index in [9.17, 15) is 14.4 Å². The van der Waals surface area contributed by atoms with Crippen LogP contribution in [0.3, 0.4) is 0 Å². The van der Waals surface area contributed by atoms with E-state index in [0.717, 1.165) is 5.57 Å². The van der Waals surface area contributed by atoms with Crippen molar-refractivity contribution in [3.8, 4) is 0 Å². The number of rotatable bonds is 3. The van der Waals surface area contributed by atoms with Gasteiger partial charge in [-0.3, -0.25) is 4.79 Å². The molecule has 1 fully saturated rings. The van der Waals surface area contributed by atoms with E-state index in [0.29, 0.717) is 12.0 Å². The summed E-state index contributed by atoms with van der Waals surface area (Å²) < 4.78 is 11.0. The molecule has 0 radical (unpaired) electrons. The van der Waals surface area contributed by atoms with Gasteiger partial charge in [0.25, 0.3) is 0 Å². The number of fused-ring (bicyclic) bond motifs is 1. The fraction of sp³-hybridized carbons (Fsp3) is 0.450. The third-order valence-electron chi connectivity index (χ3n) is 4.65. The summed E-state index contributed by atoms with van der Waals surface area (Å²) in [7, 11) is 0. The zero-order valence-corrected chi connectivity index (χ0v) is 15.3. The number of ketones is 1. The molecule has 0 aromatic carbocycles. The fourth-order valence-corrected chi connectivity index (χ4v) is 3.04. The van der Waals surface area contributed by atoms with Gasteiger partial charge in [0, 0.05) is 24.0 Å². The molecule has 140 valence electrons. The van der Waals surface area contributed by atoms with Gasteiger partial charge in [-0.05, 0) is 38.5 Å². The Morgan fingerprint density at radius 1 is 1.42 bits per heavy atom. The minimum absolute atomic E-state index is 0.0474. The molecule has 2 rings (SSSR count). The van der Waals surface area contributed by atoms with E-state index in [1.165, 1.54) is 6.08 Å². The minimum Gasteiger partial charge on any atom is -0.458 e. The van der Waals surface area contributed by atoms with Crippen LogP contribution in [0.4, 0.5) is 0 Å². The van der Waals surface area contributed by atoms with Gasteiger partial charge in [-0.1, -0.05) is 18.2 Å². The Morgan fingerprint density at radius 2 is 2.12 bits per heavy atom. The molecule has 1 aliphatic heterocycles. The van der Waals surface area contributed by atoms with Crippen molar-refractivity contribution in [2.45, 2.75) is 45.8 Å². The Bertz CT molecular complexity index is 725. The van der Waals surface area contributed by atoms with Gasteiger partial charge in [-0.15, -0.1) is 0 Å². The Balaban J connectivity index is 2.41. The molecule has 0 aromatic heterocycles. The Hall–Kier alpha value is -2.47. The molecular weight excluding hydrogens is 336 g/mol. The number of hydrogen-bond acceptors (Lipinski definition) is 6. The lowest BCUT2D eigenvalue weighted by molar-refractivity contribution is -0.147. The molecule has 0 spiro atoms. The summed E-state index contributed by atoms with van der Waals surface area (Å²) in [6.45, 7) is 8.60. The number of allylic oxidation sites excluding steroid dienone is 2. The average Bonchev–Trinajstić information content (AvgIpc) is 2.85. The molecule has 3 atom stereocenters. The second kappa shape index (κ2) is 8.27. The molecular formula is C20H24O6. The van der Waals surface area contributed by atoms with E-state index in [4.69, 9.17) is 14.6 Å². The summed E-state index contributed by atoms with van der Waals surface area (Å²) in [5, 5.41) is 8.95. The molecule has 0 aromatic rings. The summed E-state index contributed by atoms with van der Waals surface area (Å²) >= 11 is 0. The number of esters is 2. The molecule has 6 nitrogen and oxygen atoms in total. The van der Waals surface area contributed by atoms with Gasteiger partial charge in [0.2, 0.25) is 0 Å². The fourth-order valence-electron chi connectivity index (χ4n) is 3.04. The van der Waals surface area contributed by atoms with Gasteiger partial charge in [0.15, 0.2) is 5.78 Å². The van der Waals surface area contributed by atoms with Gasteiger partial charge in [-0.2, -0.15) is 0 Å². The van der Waals surface area contributed by atoms with Crippen LogP contribution in [0.2, 0.25) is 0 Å². The lowest BCUT2D eigenvalue weighted by Gasteiger charge is -2.27. The van der Waals surface area contributed by atoms with Crippen molar-refractivity contribution in [1.82, 2.24) is 0 Å². The number of Topliss-reactive ketones (excluding diaryl/α,β-unsaturated/α-hetero) is 1. The summed E-state index contributed by atoms with van der Waals surface area (Å²) in [5.41, 5.74) is 1.87. The topological polar surface area (TPSA) is 89.9 Å². The number of ether oxygens (including phenoxy) is 2. The predicted molar refractivity (Wildman–Crippen MR) is 95.0 cm³/mol. The molecule has 0 amide bonds. The van der Waals surface area contributed by atoms with Crippen LogP contribution in [-0.4, -0.2) is 41.6 Å². The van der Waals surface area contributed by atoms with Crippen LogP contribution < -0.4 is 0 Å². The number of aliphatic hydroxyl groups is 1. The van der Waals surface area contributed by atoms with Gasteiger partial charge in [-0.25, -0.2) is 9.59 Å². The minimum atomic E-state index is -0.704. The monoisotopic (exact) mass is 360 g/mol. The van der Waals surface area contributed by atoms with Crippen molar-refractivity contribution in [3.05, 3.63) is 47.1 Å². The van der Waals surface area contributed by atoms with E-state index in [1.54, 1.807) is 26.0 Å². The maximum atomic E-state index is 12.3. The first kappa shape index (κ1) is 19.8. The van der Waals surface area contributed by atoms with Crippen LogP contribution in [0.25, 0.3) is 0 Å². The third-order valence-corrected chi connectivity index (χ3v) is 4.65. The molecule has 1 heterocycles. The van der Waals surface area contributed by atoms with Crippen molar-refractivity contribution in [1.29, 1.82) is 0 Å². The van der Waals surface area contributed by atoms with E-state index in [-0.39, 0.29) is 30.0 Å². The van der Waals surface area contributed by atoms with Gasteiger partial charge < -0.3 is 14.6 Å². The molecule has 2 aliphatic rings. The third kappa shape index (κ3) is 4.38. The molecule has 6 heteroatoms. The highest BCUT2D eigenvalue weighted by molar-refractivity contribution is 5.96. The standard InChI is InChI=1S/C20H24O6/c1-11-5-6-15(22)13(3)10-17-18(14(4)20(24)26-17)16(9-11)25-19(23)12(2)7-8-21/h5,7,10,16-18,21H,4,6,8-9H2,1-3H3/b11-5-,12-7+,13-10-/t16-,17+,18-/m1/s1. The SMILES string of the molecule is C=C1C(=O)O[C@H]2/C=C(/C)C(=O)C/C=C(/C)C[C@@H](OC(=O)/C(C)=C/CO)[C@@H]12. The van der Waals surface area contributed by atoms with Crippen LogP contribution in [0, 0.1) is 5.92 Å². The molecule has 0 bridgehead atoms.